The molecule has 0 spiro atoms. The van der Waals surface area contributed by atoms with Crippen molar-refractivity contribution in [1.29, 1.82) is 0 Å². The second kappa shape index (κ2) is 3.09. The van der Waals surface area contributed by atoms with Crippen LogP contribution in [0.25, 0.3) is 0 Å². The van der Waals surface area contributed by atoms with Gasteiger partial charge in [0.05, 0.1) is 19.3 Å². The molecule has 2 aliphatic rings. The van der Waals surface area contributed by atoms with E-state index in [9.17, 15) is 0 Å². The highest BCUT2D eigenvalue weighted by Crippen LogP contribution is 2.26. The lowest BCUT2D eigenvalue weighted by Crippen LogP contribution is -2.39. The van der Waals surface area contributed by atoms with Gasteiger partial charge in [0, 0.05) is 12.5 Å². The molecule has 2 atom stereocenters. The Hall–Kier alpha value is -0.120. The van der Waals surface area contributed by atoms with Crippen LogP contribution in [0.3, 0.4) is 0 Å². The van der Waals surface area contributed by atoms with Crippen LogP contribution < -0.4 is 0 Å². The molecule has 0 aromatic carbocycles. The van der Waals surface area contributed by atoms with Gasteiger partial charge in [-0.1, -0.05) is 6.92 Å². The predicted molar refractivity (Wildman–Crippen MR) is 39.2 cm³/mol. The van der Waals surface area contributed by atoms with Gasteiger partial charge < -0.3 is 14.2 Å². The minimum absolute atomic E-state index is 0.0136. The molecule has 0 saturated carbocycles. The van der Waals surface area contributed by atoms with Crippen LogP contribution in [0.5, 0.6) is 0 Å². The zero-order chi connectivity index (χ0) is 7.68. The largest absolute Gasteiger partial charge is 0.378 e. The van der Waals surface area contributed by atoms with E-state index < -0.39 is 0 Å². The van der Waals surface area contributed by atoms with E-state index in [1.807, 2.05) is 0 Å². The molecule has 0 aromatic rings. The van der Waals surface area contributed by atoms with Crippen molar-refractivity contribution in [3.63, 3.8) is 0 Å². The van der Waals surface area contributed by atoms with Gasteiger partial charge in [-0.15, -0.1) is 0 Å². The molecule has 2 unspecified atom stereocenters. The number of rotatable bonds is 2. The highest BCUT2D eigenvalue weighted by Gasteiger charge is 2.33. The third-order valence-electron chi connectivity index (χ3n) is 2.40. The molecule has 3 nitrogen and oxygen atoms in total. The van der Waals surface area contributed by atoms with Crippen LogP contribution in [0.1, 0.15) is 13.3 Å². The summed E-state index contributed by atoms with van der Waals surface area (Å²) in [5.41, 5.74) is 0. The molecule has 2 rings (SSSR count). The van der Waals surface area contributed by atoms with E-state index in [2.05, 4.69) is 6.92 Å². The lowest BCUT2D eigenvalue weighted by atomic mass is 9.98. The van der Waals surface area contributed by atoms with Gasteiger partial charge in [-0.2, -0.15) is 0 Å². The minimum Gasteiger partial charge on any atom is -0.378 e. The lowest BCUT2D eigenvalue weighted by Gasteiger charge is -2.33. The summed E-state index contributed by atoms with van der Waals surface area (Å²) in [7, 11) is 0. The van der Waals surface area contributed by atoms with E-state index in [-0.39, 0.29) is 6.29 Å². The zero-order valence-corrected chi connectivity index (χ0v) is 6.79. The molecule has 2 aliphatic heterocycles. The molecule has 0 aromatic heterocycles. The van der Waals surface area contributed by atoms with Crippen molar-refractivity contribution in [2.45, 2.75) is 25.7 Å². The molecule has 0 radical (unpaired) electrons. The summed E-state index contributed by atoms with van der Waals surface area (Å²) in [6, 6.07) is 0. The predicted octanol–water partition coefficient (Wildman–Crippen LogP) is 0.784. The normalized spacial score (nSPS) is 35.2. The van der Waals surface area contributed by atoms with Crippen molar-refractivity contribution in [3.05, 3.63) is 0 Å². The average molecular weight is 158 g/mol. The van der Waals surface area contributed by atoms with Gasteiger partial charge in [-0.25, -0.2) is 0 Å². The second-order valence-corrected chi connectivity index (χ2v) is 3.17. The molecule has 11 heavy (non-hydrogen) atoms. The topological polar surface area (TPSA) is 27.7 Å². The monoisotopic (exact) mass is 158 g/mol. The molecule has 3 heteroatoms. The Labute approximate surface area is 66.6 Å². The lowest BCUT2D eigenvalue weighted by molar-refractivity contribution is -0.162. The molecule has 0 amide bonds. The summed E-state index contributed by atoms with van der Waals surface area (Å²) in [6.45, 7) is 4.50. The summed E-state index contributed by atoms with van der Waals surface area (Å²) < 4.78 is 16.1. The van der Waals surface area contributed by atoms with Crippen molar-refractivity contribution in [1.82, 2.24) is 0 Å². The van der Waals surface area contributed by atoms with Crippen molar-refractivity contribution in [2.75, 3.05) is 19.8 Å². The van der Waals surface area contributed by atoms with Crippen LogP contribution >= 0.6 is 0 Å². The van der Waals surface area contributed by atoms with Crippen LogP contribution in [0, 0.1) is 5.92 Å². The Balaban J connectivity index is 1.82. The standard InChI is InChI=1S/C8H14O3/c1-6(7-2-3-9-7)8-10-4-5-11-8/h6-8H,2-5H2,1H3. The first-order chi connectivity index (χ1) is 5.38. The Bertz CT molecular complexity index is 127. The number of hydrogen-bond donors (Lipinski definition) is 0. The maximum atomic E-state index is 5.37. The highest BCUT2D eigenvalue weighted by atomic mass is 16.7. The van der Waals surface area contributed by atoms with Crippen LogP contribution in [0.4, 0.5) is 0 Å². The molecule has 2 heterocycles. The van der Waals surface area contributed by atoms with Gasteiger partial charge in [0.2, 0.25) is 0 Å². The fraction of sp³-hybridized carbons (Fsp3) is 1.00. The van der Waals surface area contributed by atoms with Crippen molar-refractivity contribution >= 4 is 0 Å². The first kappa shape index (κ1) is 7.53. The quantitative estimate of drug-likeness (QED) is 0.594. The van der Waals surface area contributed by atoms with Crippen LogP contribution in [-0.4, -0.2) is 32.2 Å². The SMILES string of the molecule is CC(C1CCO1)C1OCCO1. The summed E-state index contributed by atoms with van der Waals surface area (Å²) in [5.74, 6) is 0.395. The molecule has 0 bridgehead atoms. The van der Waals surface area contributed by atoms with Gasteiger partial charge in [-0.3, -0.25) is 0 Å². The molecular weight excluding hydrogens is 144 g/mol. The summed E-state index contributed by atoms with van der Waals surface area (Å²) >= 11 is 0. The summed E-state index contributed by atoms with van der Waals surface area (Å²) in [4.78, 5) is 0. The third kappa shape index (κ3) is 1.41. The molecule has 64 valence electrons. The average Bonchev–Trinajstić information content (AvgIpc) is 2.32. The van der Waals surface area contributed by atoms with Crippen LogP contribution in [0.2, 0.25) is 0 Å². The van der Waals surface area contributed by atoms with Crippen LogP contribution in [-0.2, 0) is 14.2 Å². The van der Waals surface area contributed by atoms with Crippen LogP contribution in [0.15, 0.2) is 0 Å². The third-order valence-corrected chi connectivity index (χ3v) is 2.40. The first-order valence-corrected chi connectivity index (χ1v) is 4.23. The van der Waals surface area contributed by atoms with Gasteiger partial charge in [0.1, 0.15) is 0 Å². The van der Waals surface area contributed by atoms with Gasteiger partial charge >= 0.3 is 0 Å². The maximum Gasteiger partial charge on any atom is 0.162 e. The highest BCUT2D eigenvalue weighted by molar-refractivity contribution is 4.76. The zero-order valence-electron chi connectivity index (χ0n) is 6.79. The summed E-state index contributed by atoms with van der Waals surface area (Å²) in [5, 5.41) is 0. The molecule has 0 N–H and O–H groups in total. The Kier molecular flexibility index (Phi) is 2.11. The van der Waals surface area contributed by atoms with Crippen molar-refractivity contribution in [2.24, 2.45) is 5.92 Å². The van der Waals surface area contributed by atoms with E-state index >= 15 is 0 Å². The second-order valence-electron chi connectivity index (χ2n) is 3.17. The maximum absolute atomic E-state index is 5.37. The van der Waals surface area contributed by atoms with Crippen molar-refractivity contribution < 1.29 is 14.2 Å². The first-order valence-electron chi connectivity index (χ1n) is 4.23. The van der Waals surface area contributed by atoms with E-state index in [1.54, 1.807) is 0 Å². The smallest absolute Gasteiger partial charge is 0.162 e. The van der Waals surface area contributed by atoms with Gasteiger partial charge in [0.15, 0.2) is 6.29 Å². The molecule has 2 fully saturated rings. The van der Waals surface area contributed by atoms with Crippen molar-refractivity contribution in [3.8, 4) is 0 Å². The van der Waals surface area contributed by atoms with Gasteiger partial charge in [0.25, 0.3) is 0 Å². The fourth-order valence-corrected chi connectivity index (χ4v) is 1.52. The van der Waals surface area contributed by atoms with E-state index in [1.165, 1.54) is 0 Å². The van der Waals surface area contributed by atoms with E-state index in [0.29, 0.717) is 12.0 Å². The van der Waals surface area contributed by atoms with E-state index in [4.69, 9.17) is 14.2 Å². The minimum atomic E-state index is -0.0136. The number of ether oxygens (including phenoxy) is 3. The van der Waals surface area contributed by atoms with E-state index in [0.717, 1.165) is 26.2 Å². The fourth-order valence-electron chi connectivity index (χ4n) is 1.52. The molecule has 2 saturated heterocycles. The Morgan fingerprint density at radius 1 is 1.09 bits per heavy atom. The molecular formula is C8H14O3. The molecule has 0 aliphatic carbocycles. The number of hydrogen-bond acceptors (Lipinski definition) is 3. The van der Waals surface area contributed by atoms with Gasteiger partial charge in [-0.05, 0) is 6.42 Å². The summed E-state index contributed by atoms with van der Waals surface area (Å²) in [6.07, 6.45) is 1.52. The Morgan fingerprint density at radius 2 is 1.73 bits per heavy atom. The Morgan fingerprint density at radius 3 is 2.18 bits per heavy atom.